The van der Waals surface area contributed by atoms with Crippen molar-refractivity contribution in [2.24, 2.45) is 0 Å². The molecule has 0 aromatic heterocycles. The van der Waals surface area contributed by atoms with Crippen LogP contribution in [0.5, 0.6) is 0 Å². The van der Waals surface area contributed by atoms with Gasteiger partial charge in [0, 0.05) is 19.9 Å². The number of nitrogens with one attached hydrogen (secondary N) is 2. The van der Waals surface area contributed by atoms with Crippen LogP contribution in [0.1, 0.15) is 38.7 Å². The van der Waals surface area contributed by atoms with Crippen LogP contribution in [-0.2, 0) is 30.3 Å². The molecule has 0 radical (unpaired) electrons. The second-order valence-electron chi connectivity index (χ2n) is 9.17. The van der Waals surface area contributed by atoms with Gasteiger partial charge in [-0.1, -0.05) is 49.4 Å². The molecule has 0 saturated heterocycles. The van der Waals surface area contributed by atoms with Crippen LogP contribution in [0.15, 0.2) is 42.5 Å². The third-order valence-electron chi connectivity index (χ3n) is 6.00. The lowest BCUT2D eigenvalue weighted by molar-refractivity contribution is -0.160. The van der Waals surface area contributed by atoms with E-state index >= 15 is 0 Å². The number of carbonyl (C=O) groups is 3. The van der Waals surface area contributed by atoms with E-state index in [9.17, 15) is 24.6 Å². The van der Waals surface area contributed by atoms with Crippen molar-refractivity contribution in [2.45, 2.75) is 63.9 Å². The van der Waals surface area contributed by atoms with E-state index in [1.54, 1.807) is 11.8 Å². The maximum atomic E-state index is 12.5. The first kappa shape index (κ1) is 32.5. The molecule has 0 aliphatic heterocycles. The number of amides is 2. The fraction of sp³-hybridized carbons (Fsp3) is 0.536. The van der Waals surface area contributed by atoms with Crippen LogP contribution in [0.4, 0.5) is 0 Å². The minimum absolute atomic E-state index is 0.0369. The number of aliphatic hydroxyl groups excluding tert-OH is 2. The molecule has 5 N–H and O–H groups in total. The van der Waals surface area contributed by atoms with E-state index < -0.39 is 36.2 Å². The molecule has 0 bridgehead atoms. The molecule has 39 heavy (non-hydrogen) atoms. The minimum atomic E-state index is -1.55. The number of ether oxygens (including phenoxy) is 2. The number of hydrogen-bond donors (Lipinski definition) is 5. The van der Waals surface area contributed by atoms with Gasteiger partial charge in [0.05, 0.1) is 25.2 Å². The smallest absolute Gasteiger partial charge is 0.303 e. The lowest BCUT2D eigenvalue weighted by Gasteiger charge is -2.33. The molecule has 0 spiro atoms. The number of carboxylic acid groups (broad SMARTS) is 1. The Bertz CT molecular complexity index is 1050. The van der Waals surface area contributed by atoms with Gasteiger partial charge in [0.1, 0.15) is 19.0 Å². The summed E-state index contributed by atoms with van der Waals surface area (Å²) < 4.78 is 11.2. The predicted molar refractivity (Wildman–Crippen MR) is 150 cm³/mol. The van der Waals surface area contributed by atoms with E-state index in [1.807, 2.05) is 42.5 Å². The standard InChI is InChI=1S/C28H40N2O8S/c1-3-39-14-6-13-37-18-38-28(23(30-19(2)31)11-12-26(34)35)27(36)24(32)17-29-25(33)16-20-9-10-21-7-4-5-8-22(21)15-20/h4-5,7-10,15,23-24,27-28,32,36H,3,6,11-14,16-18H2,1-2H3,(H,29,33)(H,30,31)(H,34,35)/t23?,24?,27-,28?/m1/s1. The minimum Gasteiger partial charge on any atom is -0.481 e. The van der Waals surface area contributed by atoms with Crippen molar-refractivity contribution >= 4 is 40.3 Å². The summed E-state index contributed by atoms with van der Waals surface area (Å²) in [4.78, 5) is 35.5. The first-order chi connectivity index (χ1) is 18.7. The number of fused-ring (bicyclic) bond motifs is 1. The lowest BCUT2D eigenvalue weighted by atomic mass is 9.96. The highest BCUT2D eigenvalue weighted by Gasteiger charge is 2.35. The van der Waals surface area contributed by atoms with Gasteiger partial charge < -0.3 is 35.4 Å². The molecule has 2 rings (SSSR count). The van der Waals surface area contributed by atoms with Gasteiger partial charge in [-0.3, -0.25) is 14.4 Å². The van der Waals surface area contributed by atoms with Gasteiger partial charge in [0.2, 0.25) is 11.8 Å². The summed E-state index contributed by atoms with van der Waals surface area (Å²) in [5, 5.41) is 38.1. The Kier molecular flexibility index (Phi) is 14.8. The number of hydrogen-bond acceptors (Lipinski definition) is 8. The first-order valence-electron chi connectivity index (χ1n) is 13.1. The normalized spacial score (nSPS) is 14.4. The monoisotopic (exact) mass is 564 g/mol. The van der Waals surface area contributed by atoms with Gasteiger partial charge in [-0.25, -0.2) is 0 Å². The Morgan fingerprint density at radius 3 is 2.51 bits per heavy atom. The third-order valence-corrected chi connectivity index (χ3v) is 6.98. The van der Waals surface area contributed by atoms with E-state index in [0.29, 0.717) is 6.61 Å². The molecule has 2 aromatic carbocycles. The molecule has 0 fully saturated rings. The van der Waals surface area contributed by atoms with Crippen molar-refractivity contribution < 1.29 is 39.2 Å². The van der Waals surface area contributed by atoms with Crippen LogP contribution in [0.2, 0.25) is 0 Å². The zero-order valence-electron chi connectivity index (χ0n) is 22.5. The number of carbonyl (C=O) groups excluding carboxylic acids is 2. The summed E-state index contributed by atoms with van der Waals surface area (Å²) in [6, 6.07) is 12.6. The van der Waals surface area contributed by atoms with Crippen molar-refractivity contribution in [1.29, 1.82) is 0 Å². The summed E-state index contributed by atoms with van der Waals surface area (Å²) in [6.45, 7) is 3.26. The van der Waals surface area contributed by atoms with Gasteiger partial charge in [-0.05, 0) is 40.7 Å². The highest BCUT2D eigenvalue weighted by molar-refractivity contribution is 7.99. The van der Waals surface area contributed by atoms with Gasteiger partial charge >= 0.3 is 5.97 Å². The largest absolute Gasteiger partial charge is 0.481 e. The van der Waals surface area contributed by atoms with E-state index in [4.69, 9.17) is 14.6 Å². The Balaban J connectivity index is 1.99. The second-order valence-corrected chi connectivity index (χ2v) is 10.6. The van der Waals surface area contributed by atoms with Crippen LogP contribution in [0.3, 0.4) is 0 Å². The second kappa shape index (κ2) is 17.8. The van der Waals surface area contributed by atoms with Crippen LogP contribution >= 0.6 is 11.8 Å². The number of thioether (sulfide) groups is 1. The summed E-state index contributed by atoms with van der Waals surface area (Å²) in [6.07, 6.45) is -3.60. The van der Waals surface area contributed by atoms with E-state index in [0.717, 1.165) is 34.3 Å². The number of rotatable bonds is 19. The van der Waals surface area contributed by atoms with Crippen LogP contribution in [0.25, 0.3) is 10.8 Å². The molecule has 4 atom stereocenters. The molecular weight excluding hydrogens is 524 g/mol. The summed E-state index contributed by atoms with van der Waals surface area (Å²) in [7, 11) is 0. The molecule has 0 saturated carbocycles. The number of benzene rings is 2. The molecule has 0 aliphatic rings. The fourth-order valence-electron chi connectivity index (χ4n) is 4.06. The van der Waals surface area contributed by atoms with Gasteiger partial charge in [-0.2, -0.15) is 11.8 Å². The molecule has 10 nitrogen and oxygen atoms in total. The van der Waals surface area contributed by atoms with Gasteiger partial charge in [-0.15, -0.1) is 0 Å². The fourth-order valence-corrected chi connectivity index (χ4v) is 4.67. The average molecular weight is 565 g/mol. The lowest BCUT2D eigenvalue weighted by Crippen LogP contribution is -2.55. The Morgan fingerprint density at radius 1 is 1.08 bits per heavy atom. The predicted octanol–water partition coefficient (Wildman–Crippen LogP) is 2.09. The van der Waals surface area contributed by atoms with Crippen LogP contribution < -0.4 is 10.6 Å². The summed E-state index contributed by atoms with van der Waals surface area (Å²) in [5.41, 5.74) is 0.802. The number of carboxylic acids is 1. The van der Waals surface area contributed by atoms with Crippen molar-refractivity contribution in [3.8, 4) is 0 Å². The van der Waals surface area contributed by atoms with Gasteiger partial charge in [0.25, 0.3) is 0 Å². The van der Waals surface area contributed by atoms with Crippen molar-refractivity contribution in [1.82, 2.24) is 10.6 Å². The van der Waals surface area contributed by atoms with Crippen molar-refractivity contribution in [3.05, 3.63) is 48.0 Å². The average Bonchev–Trinajstić information content (AvgIpc) is 2.90. The number of aliphatic hydroxyl groups is 2. The van der Waals surface area contributed by atoms with E-state index in [2.05, 4.69) is 17.6 Å². The molecule has 216 valence electrons. The van der Waals surface area contributed by atoms with Crippen molar-refractivity contribution in [2.75, 3.05) is 31.5 Å². The third kappa shape index (κ3) is 12.3. The first-order valence-corrected chi connectivity index (χ1v) is 14.2. The SMILES string of the molecule is CCSCCCOCOC(C(CCC(=O)O)NC(C)=O)[C@H](O)C(O)CNC(=O)Cc1ccc2ccccc2c1. The highest BCUT2D eigenvalue weighted by atomic mass is 32.2. The topological polar surface area (TPSA) is 154 Å². The summed E-state index contributed by atoms with van der Waals surface area (Å²) >= 11 is 1.78. The molecule has 0 aliphatic carbocycles. The zero-order valence-corrected chi connectivity index (χ0v) is 23.3. The Morgan fingerprint density at radius 2 is 1.82 bits per heavy atom. The van der Waals surface area contributed by atoms with Crippen LogP contribution in [-0.4, -0.2) is 88.9 Å². The molecule has 2 aromatic rings. The van der Waals surface area contributed by atoms with Crippen molar-refractivity contribution in [3.63, 3.8) is 0 Å². The van der Waals surface area contributed by atoms with E-state index in [-0.39, 0.29) is 38.5 Å². The number of aliphatic carboxylic acids is 1. The van der Waals surface area contributed by atoms with Crippen LogP contribution in [0, 0.1) is 0 Å². The molecule has 11 heteroatoms. The maximum Gasteiger partial charge on any atom is 0.303 e. The summed E-state index contributed by atoms with van der Waals surface area (Å²) in [5.74, 6) is 0.0645. The Hall–Kier alpha value is -2.70. The zero-order chi connectivity index (χ0) is 28.6. The van der Waals surface area contributed by atoms with E-state index in [1.165, 1.54) is 6.92 Å². The molecule has 0 heterocycles. The highest BCUT2D eigenvalue weighted by Crippen LogP contribution is 2.17. The Labute approximate surface area is 233 Å². The molecule has 3 unspecified atom stereocenters. The molecule has 2 amide bonds. The quantitative estimate of drug-likeness (QED) is 0.127. The van der Waals surface area contributed by atoms with Gasteiger partial charge in [0.15, 0.2) is 0 Å². The maximum absolute atomic E-state index is 12.5. The molecular formula is C28H40N2O8S.